The molecule has 1 aliphatic carbocycles. The molecule has 15 heavy (non-hydrogen) atoms. The Bertz CT molecular complexity index is 188. The number of ether oxygens (including phenoxy) is 1. The van der Waals surface area contributed by atoms with Crippen molar-refractivity contribution in [2.75, 3.05) is 20.3 Å². The Kier molecular flexibility index (Phi) is 6.36. The van der Waals surface area contributed by atoms with Gasteiger partial charge in [-0.15, -0.1) is 0 Å². The van der Waals surface area contributed by atoms with Crippen molar-refractivity contribution in [3.8, 4) is 0 Å². The first-order valence-corrected chi connectivity index (χ1v) is 5.85. The zero-order valence-corrected chi connectivity index (χ0v) is 9.67. The van der Waals surface area contributed by atoms with E-state index in [-0.39, 0.29) is 0 Å². The number of hydrogen-bond donors (Lipinski definition) is 2. The van der Waals surface area contributed by atoms with Gasteiger partial charge in [-0.1, -0.05) is 32.1 Å². The second kappa shape index (κ2) is 7.65. The van der Waals surface area contributed by atoms with Gasteiger partial charge in [0.1, 0.15) is 5.84 Å². The van der Waals surface area contributed by atoms with Gasteiger partial charge in [0.2, 0.25) is 0 Å². The third-order valence-electron chi connectivity index (χ3n) is 2.97. The van der Waals surface area contributed by atoms with E-state index in [1.54, 1.807) is 7.11 Å². The lowest BCUT2D eigenvalue weighted by molar-refractivity contribution is 0.208. The minimum absolute atomic E-state index is 0.663. The Hall–Kier alpha value is -0.610. The van der Waals surface area contributed by atoms with Crippen LogP contribution in [0.1, 0.15) is 38.5 Å². The zero-order chi connectivity index (χ0) is 10.9. The lowest BCUT2D eigenvalue weighted by atomic mass is 9.87. The van der Waals surface area contributed by atoms with Gasteiger partial charge in [-0.05, 0) is 5.92 Å². The summed E-state index contributed by atoms with van der Waals surface area (Å²) < 4.78 is 4.95. The van der Waals surface area contributed by atoms with Crippen LogP contribution in [0.25, 0.3) is 0 Å². The molecule has 0 bridgehead atoms. The second-order valence-corrected chi connectivity index (χ2v) is 4.17. The van der Waals surface area contributed by atoms with E-state index in [0.29, 0.717) is 13.2 Å². The first-order valence-electron chi connectivity index (χ1n) is 5.85. The molecule has 0 aliphatic heterocycles. The third-order valence-corrected chi connectivity index (χ3v) is 2.97. The van der Waals surface area contributed by atoms with Crippen LogP contribution in [-0.2, 0) is 4.74 Å². The quantitative estimate of drug-likeness (QED) is 0.239. The molecule has 0 spiro atoms. The van der Waals surface area contributed by atoms with Crippen LogP contribution in [0.15, 0.2) is 4.99 Å². The Labute approximate surface area is 92.3 Å². The molecule has 0 unspecified atom stereocenters. The molecule has 0 atom stereocenters. The summed E-state index contributed by atoms with van der Waals surface area (Å²) in [5.41, 5.74) is 2.70. The van der Waals surface area contributed by atoms with E-state index in [1.807, 2.05) is 0 Å². The van der Waals surface area contributed by atoms with Crippen molar-refractivity contribution in [1.29, 1.82) is 0 Å². The fourth-order valence-corrected chi connectivity index (χ4v) is 2.11. The van der Waals surface area contributed by atoms with E-state index in [4.69, 9.17) is 10.6 Å². The summed E-state index contributed by atoms with van der Waals surface area (Å²) in [7, 11) is 1.69. The fourth-order valence-electron chi connectivity index (χ4n) is 2.11. The van der Waals surface area contributed by atoms with Crippen molar-refractivity contribution >= 4 is 5.84 Å². The van der Waals surface area contributed by atoms with Gasteiger partial charge in [0.25, 0.3) is 0 Å². The van der Waals surface area contributed by atoms with Gasteiger partial charge in [0.05, 0.1) is 13.2 Å². The summed E-state index contributed by atoms with van der Waals surface area (Å²) in [5, 5.41) is 0. The first kappa shape index (κ1) is 12.5. The number of hydrazine groups is 1. The number of nitrogens with two attached hydrogens (primary N) is 1. The SMILES string of the molecule is COCCN=C(CC1CCCCC1)NN. The number of hydrogen-bond acceptors (Lipinski definition) is 3. The first-order chi connectivity index (χ1) is 7.36. The molecule has 1 rings (SSSR count). The molecule has 1 aliphatic rings. The second-order valence-electron chi connectivity index (χ2n) is 4.17. The van der Waals surface area contributed by atoms with Gasteiger partial charge in [0, 0.05) is 13.5 Å². The standard InChI is InChI=1S/C11H23N3O/c1-15-8-7-13-11(14-12)9-10-5-3-2-4-6-10/h10H,2-9,12H2,1H3,(H,13,14). The predicted molar refractivity (Wildman–Crippen MR) is 62.7 cm³/mol. The highest BCUT2D eigenvalue weighted by molar-refractivity contribution is 5.81. The van der Waals surface area contributed by atoms with E-state index < -0.39 is 0 Å². The summed E-state index contributed by atoms with van der Waals surface area (Å²) in [5.74, 6) is 7.15. The molecule has 3 N–H and O–H groups in total. The van der Waals surface area contributed by atoms with Gasteiger partial charge in [-0.3, -0.25) is 4.99 Å². The highest BCUT2D eigenvalue weighted by atomic mass is 16.5. The number of methoxy groups -OCH3 is 1. The summed E-state index contributed by atoms with van der Waals surface area (Å²) in [6, 6.07) is 0. The molecule has 0 saturated heterocycles. The predicted octanol–water partition coefficient (Wildman–Crippen LogP) is 1.46. The summed E-state index contributed by atoms with van der Waals surface area (Å²) in [6.07, 6.45) is 7.76. The summed E-state index contributed by atoms with van der Waals surface area (Å²) >= 11 is 0. The van der Waals surface area contributed by atoms with Gasteiger partial charge < -0.3 is 10.2 Å². The molecule has 0 amide bonds. The molecule has 4 heteroatoms. The molecule has 0 aromatic rings. The molecule has 0 aromatic heterocycles. The van der Waals surface area contributed by atoms with Crippen molar-refractivity contribution in [2.24, 2.45) is 16.8 Å². The minimum atomic E-state index is 0.663. The highest BCUT2D eigenvalue weighted by Crippen LogP contribution is 2.26. The van der Waals surface area contributed by atoms with Crippen molar-refractivity contribution < 1.29 is 4.74 Å². The molecule has 4 nitrogen and oxygen atoms in total. The topological polar surface area (TPSA) is 59.6 Å². The van der Waals surface area contributed by atoms with E-state index in [0.717, 1.165) is 18.2 Å². The maximum absolute atomic E-state index is 5.45. The number of nitrogens with one attached hydrogen (secondary N) is 1. The molecule has 1 saturated carbocycles. The normalized spacial score (nSPS) is 19.2. The van der Waals surface area contributed by atoms with Crippen molar-refractivity contribution in [3.63, 3.8) is 0 Å². The molecule has 88 valence electrons. The van der Waals surface area contributed by atoms with E-state index in [2.05, 4.69) is 10.4 Å². The molecule has 1 fully saturated rings. The maximum atomic E-state index is 5.45. The van der Waals surface area contributed by atoms with Crippen LogP contribution in [0.3, 0.4) is 0 Å². The van der Waals surface area contributed by atoms with Crippen LogP contribution >= 0.6 is 0 Å². The Morgan fingerprint density at radius 1 is 1.40 bits per heavy atom. The number of aliphatic imine (C=N–C) groups is 1. The van der Waals surface area contributed by atoms with E-state index in [1.165, 1.54) is 32.1 Å². The lowest BCUT2D eigenvalue weighted by Crippen LogP contribution is -2.32. The minimum Gasteiger partial charge on any atom is -0.383 e. The fraction of sp³-hybridized carbons (Fsp3) is 0.909. The zero-order valence-electron chi connectivity index (χ0n) is 9.67. The number of nitrogens with zero attached hydrogens (tertiary/aromatic N) is 1. The molecular formula is C11H23N3O. The monoisotopic (exact) mass is 213 g/mol. The van der Waals surface area contributed by atoms with Crippen LogP contribution in [-0.4, -0.2) is 26.1 Å². The third kappa shape index (κ3) is 5.14. The average Bonchev–Trinajstić information content (AvgIpc) is 2.29. The van der Waals surface area contributed by atoms with Crippen molar-refractivity contribution in [2.45, 2.75) is 38.5 Å². The highest BCUT2D eigenvalue weighted by Gasteiger charge is 2.15. The average molecular weight is 213 g/mol. The summed E-state index contributed by atoms with van der Waals surface area (Å²) in [4.78, 5) is 4.38. The summed E-state index contributed by atoms with van der Waals surface area (Å²) in [6.45, 7) is 1.36. The van der Waals surface area contributed by atoms with E-state index in [9.17, 15) is 0 Å². The van der Waals surface area contributed by atoms with Crippen LogP contribution in [0, 0.1) is 5.92 Å². The number of amidine groups is 1. The molecule has 0 radical (unpaired) electrons. The van der Waals surface area contributed by atoms with Crippen LogP contribution in [0.4, 0.5) is 0 Å². The maximum Gasteiger partial charge on any atom is 0.111 e. The van der Waals surface area contributed by atoms with E-state index >= 15 is 0 Å². The largest absolute Gasteiger partial charge is 0.383 e. The van der Waals surface area contributed by atoms with Crippen molar-refractivity contribution in [3.05, 3.63) is 0 Å². The van der Waals surface area contributed by atoms with Gasteiger partial charge in [0.15, 0.2) is 0 Å². The van der Waals surface area contributed by atoms with Crippen molar-refractivity contribution in [1.82, 2.24) is 5.43 Å². The smallest absolute Gasteiger partial charge is 0.111 e. The Morgan fingerprint density at radius 2 is 2.13 bits per heavy atom. The lowest BCUT2D eigenvalue weighted by Gasteiger charge is -2.21. The molecule has 0 heterocycles. The molecular weight excluding hydrogens is 190 g/mol. The van der Waals surface area contributed by atoms with Gasteiger partial charge in [-0.2, -0.15) is 0 Å². The van der Waals surface area contributed by atoms with Gasteiger partial charge >= 0.3 is 0 Å². The van der Waals surface area contributed by atoms with Crippen LogP contribution in [0.5, 0.6) is 0 Å². The van der Waals surface area contributed by atoms with Crippen LogP contribution < -0.4 is 11.3 Å². The van der Waals surface area contributed by atoms with Gasteiger partial charge in [-0.25, -0.2) is 5.84 Å². The Balaban J connectivity index is 2.27. The Morgan fingerprint density at radius 3 is 2.73 bits per heavy atom. The number of rotatable bonds is 5. The molecule has 0 aromatic carbocycles. The van der Waals surface area contributed by atoms with Crippen LogP contribution in [0.2, 0.25) is 0 Å².